The lowest BCUT2D eigenvalue weighted by atomic mass is 10.0. The van der Waals surface area contributed by atoms with Gasteiger partial charge in [0.15, 0.2) is 0 Å². The number of allylic oxidation sites excluding steroid dienone is 1. The zero-order valence-corrected chi connectivity index (χ0v) is 13.0. The minimum Gasteiger partial charge on any atom is -0.496 e. The van der Waals surface area contributed by atoms with Gasteiger partial charge in [-0.25, -0.2) is 0 Å². The first kappa shape index (κ1) is 14.8. The van der Waals surface area contributed by atoms with Crippen molar-refractivity contribution in [2.75, 3.05) is 7.11 Å². The number of aromatic nitrogens is 2. The first-order valence-electron chi connectivity index (χ1n) is 7.67. The molecule has 2 atom stereocenters. The molecule has 0 fully saturated rings. The van der Waals surface area contributed by atoms with Crippen molar-refractivity contribution in [3.63, 3.8) is 0 Å². The molecular weight excluding hydrogens is 278 g/mol. The maximum absolute atomic E-state index is 5.42. The molecule has 0 bridgehead atoms. The van der Waals surface area contributed by atoms with E-state index in [1.165, 1.54) is 12.8 Å². The van der Waals surface area contributed by atoms with Crippen LogP contribution in [0.25, 0.3) is 11.4 Å². The summed E-state index contributed by atoms with van der Waals surface area (Å²) in [6, 6.07) is 8.06. The largest absolute Gasteiger partial charge is 0.496 e. The lowest BCUT2D eigenvalue weighted by molar-refractivity contribution is 0.327. The normalized spacial score (nSPS) is 19.1. The highest BCUT2D eigenvalue weighted by Crippen LogP contribution is 2.28. The third-order valence-electron chi connectivity index (χ3n) is 3.88. The van der Waals surface area contributed by atoms with Crippen molar-refractivity contribution in [3.05, 3.63) is 42.3 Å². The summed E-state index contributed by atoms with van der Waals surface area (Å²) in [5.41, 5.74) is 0.838. The molecule has 22 heavy (non-hydrogen) atoms. The molecule has 0 saturated heterocycles. The Bertz CT molecular complexity index is 651. The fourth-order valence-corrected chi connectivity index (χ4v) is 2.69. The predicted octanol–water partition coefficient (Wildman–Crippen LogP) is 3.50. The second kappa shape index (κ2) is 6.75. The van der Waals surface area contributed by atoms with Crippen molar-refractivity contribution in [1.29, 1.82) is 0 Å². The summed E-state index contributed by atoms with van der Waals surface area (Å²) in [6.45, 7) is 2.04. The van der Waals surface area contributed by atoms with E-state index in [-0.39, 0.29) is 6.04 Å². The molecule has 0 saturated carbocycles. The van der Waals surface area contributed by atoms with Gasteiger partial charge in [-0.2, -0.15) is 4.98 Å². The number of hydrogen-bond acceptors (Lipinski definition) is 5. The van der Waals surface area contributed by atoms with Crippen molar-refractivity contribution in [2.24, 2.45) is 0 Å². The van der Waals surface area contributed by atoms with Crippen LogP contribution in [0.15, 0.2) is 40.9 Å². The molecule has 0 radical (unpaired) electrons. The van der Waals surface area contributed by atoms with E-state index >= 15 is 0 Å². The molecule has 116 valence electrons. The molecule has 1 heterocycles. The van der Waals surface area contributed by atoms with E-state index < -0.39 is 0 Å². The third-order valence-corrected chi connectivity index (χ3v) is 3.88. The minimum atomic E-state index is 0.0173. The maximum atomic E-state index is 5.42. The topological polar surface area (TPSA) is 60.2 Å². The van der Waals surface area contributed by atoms with E-state index in [1.54, 1.807) is 7.11 Å². The molecule has 1 aromatic carbocycles. The van der Waals surface area contributed by atoms with Gasteiger partial charge in [0.05, 0.1) is 18.7 Å². The second-order valence-electron chi connectivity index (χ2n) is 5.51. The Morgan fingerprint density at radius 2 is 2.23 bits per heavy atom. The number of methoxy groups -OCH3 is 1. The van der Waals surface area contributed by atoms with Gasteiger partial charge in [0.25, 0.3) is 0 Å². The van der Waals surface area contributed by atoms with Crippen molar-refractivity contribution in [1.82, 2.24) is 15.5 Å². The summed E-state index contributed by atoms with van der Waals surface area (Å²) in [5.74, 6) is 1.89. The Kier molecular flexibility index (Phi) is 4.53. The van der Waals surface area contributed by atoms with Crippen molar-refractivity contribution in [3.8, 4) is 17.1 Å². The Labute approximate surface area is 130 Å². The van der Waals surface area contributed by atoms with Crippen molar-refractivity contribution in [2.45, 2.75) is 38.3 Å². The molecule has 2 aromatic rings. The second-order valence-corrected chi connectivity index (χ2v) is 5.51. The number of hydrogen-bond donors (Lipinski definition) is 1. The first-order valence-corrected chi connectivity index (χ1v) is 7.67. The van der Waals surface area contributed by atoms with Gasteiger partial charge in [0.1, 0.15) is 5.75 Å². The number of rotatable bonds is 5. The fraction of sp³-hybridized carbons (Fsp3) is 0.412. The van der Waals surface area contributed by atoms with Gasteiger partial charge in [0, 0.05) is 6.04 Å². The molecular formula is C17H21N3O2. The van der Waals surface area contributed by atoms with E-state index in [0.717, 1.165) is 17.7 Å². The molecule has 5 heteroatoms. The predicted molar refractivity (Wildman–Crippen MR) is 84.6 cm³/mol. The molecule has 3 rings (SSSR count). The van der Waals surface area contributed by atoms with Gasteiger partial charge < -0.3 is 9.26 Å². The van der Waals surface area contributed by atoms with E-state index in [9.17, 15) is 0 Å². The summed E-state index contributed by atoms with van der Waals surface area (Å²) < 4.78 is 10.8. The van der Waals surface area contributed by atoms with Gasteiger partial charge in [-0.1, -0.05) is 29.4 Å². The van der Waals surface area contributed by atoms with Crippen LogP contribution in [0, 0.1) is 0 Å². The number of ether oxygens (including phenoxy) is 1. The van der Waals surface area contributed by atoms with E-state index in [0.29, 0.717) is 17.8 Å². The van der Waals surface area contributed by atoms with Gasteiger partial charge in [-0.3, -0.25) is 5.32 Å². The van der Waals surface area contributed by atoms with Crippen LogP contribution in [-0.4, -0.2) is 23.3 Å². The van der Waals surface area contributed by atoms with E-state index in [2.05, 4.69) is 27.6 Å². The van der Waals surface area contributed by atoms with Gasteiger partial charge in [-0.15, -0.1) is 0 Å². The summed E-state index contributed by atoms with van der Waals surface area (Å²) in [5, 5.41) is 7.60. The van der Waals surface area contributed by atoms with Crippen LogP contribution in [0.5, 0.6) is 5.75 Å². The highest BCUT2D eigenvalue weighted by Gasteiger charge is 2.19. The lowest BCUT2D eigenvalue weighted by Crippen LogP contribution is -2.31. The smallest absolute Gasteiger partial charge is 0.243 e. The lowest BCUT2D eigenvalue weighted by Gasteiger charge is -2.20. The average Bonchev–Trinajstić information content (AvgIpc) is 3.05. The Balaban J connectivity index is 1.75. The van der Waals surface area contributed by atoms with Crippen LogP contribution in [-0.2, 0) is 0 Å². The van der Waals surface area contributed by atoms with Crippen LogP contribution in [0.4, 0.5) is 0 Å². The highest BCUT2D eigenvalue weighted by atomic mass is 16.5. The maximum Gasteiger partial charge on any atom is 0.243 e. The number of para-hydroxylation sites is 1. The van der Waals surface area contributed by atoms with Crippen LogP contribution < -0.4 is 10.1 Å². The zero-order chi connectivity index (χ0) is 15.4. The van der Waals surface area contributed by atoms with Crippen LogP contribution in [0.3, 0.4) is 0 Å². The number of benzene rings is 1. The molecule has 1 aromatic heterocycles. The van der Waals surface area contributed by atoms with Gasteiger partial charge in [-0.05, 0) is 38.3 Å². The fourth-order valence-electron chi connectivity index (χ4n) is 2.69. The summed E-state index contributed by atoms with van der Waals surface area (Å²) in [7, 11) is 1.64. The third kappa shape index (κ3) is 3.20. The summed E-state index contributed by atoms with van der Waals surface area (Å²) >= 11 is 0. The molecule has 5 nitrogen and oxygen atoms in total. The molecule has 1 N–H and O–H groups in total. The SMILES string of the molecule is COc1ccccc1-c1noc(C(C)NC2C=CCCC2)n1. The Hall–Kier alpha value is -2.14. The van der Waals surface area contributed by atoms with Crippen molar-refractivity contribution < 1.29 is 9.26 Å². The molecule has 0 aliphatic heterocycles. The zero-order valence-electron chi connectivity index (χ0n) is 13.0. The van der Waals surface area contributed by atoms with Gasteiger partial charge >= 0.3 is 0 Å². The van der Waals surface area contributed by atoms with Crippen LogP contribution >= 0.6 is 0 Å². The van der Waals surface area contributed by atoms with E-state index in [4.69, 9.17) is 9.26 Å². The molecule has 0 amide bonds. The molecule has 0 spiro atoms. The quantitative estimate of drug-likeness (QED) is 0.856. The molecule has 1 aliphatic rings. The number of nitrogens with zero attached hydrogens (tertiary/aromatic N) is 2. The Morgan fingerprint density at radius 1 is 1.36 bits per heavy atom. The monoisotopic (exact) mass is 299 g/mol. The Morgan fingerprint density at radius 3 is 3.00 bits per heavy atom. The highest BCUT2D eigenvalue weighted by molar-refractivity contribution is 5.63. The average molecular weight is 299 g/mol. The summed E-state index contributed by atoms with van der Waals surface area (Å²) in [4.78, 5) is 4.51. The molecule has 2 unspecified atom stereocenters. The minimum absolute atomic E-state index is 0.0173. The van der Waals surface area contributed by atoms with Crippen molar-refractivity contribution >= 4 is 0 Å². The van der Waals surface area contributed by atoms with Crippen LogP contribution in [0.1, 0.15) is 38.1 Å². The summed E-state index contributed by atoms with van der Waals surface area (Å²) in [6.07, 6.45) is 7.98. The standard InChI is InChI=1S/C17H21N3O2/c1-12(18-13-8-4-3-5-9-13)17-19-16(20-22-17)14-10-6-7-11-15(14)21-2/h4,6-8,10-13,18H,3,5,9H2,1-2H3. The van der Waals surface area contributed by atoms with Crippen LogP contribution in [0.2, 0.25) is 0 Å². The first-order chi connectivity index (χ1) is 10.8. The number of nitrogens with one attached hydrogen (secondary N) is 1. The molecule has 1 aliphatic carbocycles. The van der Waals surface area contributed by atoms with Gasteiger partial charge in [0.2, 0.25) is 11.7 Å². The van der Waals surface area contributed by atoms with E-state index in [1.807, 2.05) is 31.2 Å².